The highest BCUT2D eigenvalue weighted by Gasteiger charge is 2.47. The number of rotatable bonds is 2. The molecule has 0 bridgehead atoms. The van der Waals surface area contributed by atoms with Crippen molar-refractivity contribution >= 4 is 10.0 Å². The molecular formula is C14H18N2O2S. The number of sulfonamides is 1. The van der Waals surface area contributed by atoms with Crippen molar-refractivity contribution < 1.29 is 8.42 Å². The van der Waals surface area contributed by atoms with Crippen molar-refractivity contribution in [1.29, 1.82) is 0 Å². The first-order chi connectivity index (χ1) is 9.16. The first-order valence-corrected chi connectivity index (χ1v) is 8.47. The summed E-state index contributed by atoms with van der Waals surface area (Å²) in [5.41, 5.74) is 2.65. The highest BCUT2D eigenvalue weighted by atomic mass is 32.2. The molecule has 1 N–H and O–H groups in total. The summed E-state index contributed by atoms with van der Waals surface area (Å²) in [6.45, 7) is 2.14. The maximum Gasteiger partial charge on any atom is 0.217 e. The Bertz CT molecular complexity index is 610. The van der Waals surface area contributed by atoms with Crippen LogP contribution in [0.1, 0.15) is 29.9 Å². The lowest BCUT2D eigenvalue weighted by atomic mass is 9.87. The molecular weight excluding hydrogens is 260 g/mol. The zero-order valence-electron chi connectivity index (χ0n) is 10.7. The van der Waals surface area contributed by atoms with Crippen molar-refractivity contribution in [3.8, 4) is 0 Å². The van der Waals surface area contributed by atoms with Crippen LogP contribution in [0, 0.1) is 0 Å². The van der Waals surface area contributed by atoms with Crippen LogP contribution in [0.4, 0.5) is 0 Å². The van der Waals surface area contributed by atoms with E-state index >= 15 is 0 Å². The van der Waals surface area contributed by atoms with Crippen LogP contribution in [-0.2, 0) is 16.6 Å². The quantitative estimate of drug-likeness (QED) is 0.880. The van der Waals surface area contributed by atoms with E-state index in [1.54, 1.807) is 4.31 Å². The Balaban J connectivity index is 1.65. The zero-order chi connectivity index (χ0) is 13.0. The zero-order valence-corrected chi connectivity index (χ0v) is 11.6. The predicted molar refractivity (Wildman–Crippen MR) is 73.3 cm³/mol. The van der Waals surface area contributed by atoms with Crippen molar-refractivity contribution in [2.24, 2.45) is 0 Å². The van der Waals surface area contributed by atoms with E-state index in [4.69, 9.17) is 0 Å². The van der Waals surface area contributed by atoms with Crippen molar-refractivity contribution in [2.45, 2.75) is 36.6 Å². The van der Waals surface area contributed by atoms with Gasteiger partial charge in [-0.25, -0.2) is 8.42 Å². The van der Waals surface area contributed by atoms with Crippen LogP contribution >= 0.6 is 0 Å². The number of hydrogen-bond acceptors (Lipinski definition) is 3. The first kappa shape index (κ1) is 11.9. The fraction of sp³-hybridized carbons (Fsp3) is 0.571. The largest absolute Gasteiger partial charge is 0.308 e. The molecule has 2 atom stereocenters. The standard InChI is InChI=1S/C14H18N2O2S/c17-19(18,11-5-6-11)16-8-13-12-4-2-1-3-10(12)7-15-14(13)9-16/h1-4,11,13-15H,5-9H2/t13-,14+/m0/s1. The van der Waals surface area contributed by atoms with Crippen LogP contribution in [0.25, 0.3) is 0 Å². The van der Waals surface area contributed by atoms with Gasteiger partial charge in [0.25, 0.3) is 0 Å². The van der Waals surface area contributed by atoms with E-state index in [0.717, 1.165) is 19.4 Å². The van der Waals surface area contributed by atoms with Gasteiger partial charge in [-0.2, -0.15) is 4.31 Å². The van der Waals surface area contributed by atoms with Gasteiger partial charge in [-0.1, -0.05) is 24.3 Å². The lowest BCUT2D eigenvalue weighted by Crippen LogP contribution is -2.39. The third kappa shape index (κ3) is 1.83. The highest BCUT2D eigenvalue weighted by molar-refractivity contribution is 7.90. The monoisotopic (exact) mass is 278 g/mol. The van der Waals surface area contributed by atoms with Gasteiger partial charge in [0.05, 0.1) is 5.25 Å². The summed E-state index contributed by atoms with van der Waals surface area (Å²) >= 11 is 0. The molecule has 1 saturated heterocycles. The third-order valence-corrected chi connectivity index (χ3v) is 6.93. The summed E-state index contributed by atoms with van der Waals surface area (Å²) in [7, 11) is -3.03. The molecule has 0 spiro atoms. The van der Waals surface area contributed by atoms with Crippen LogP contribution in [0.3, 0.4) is 0 Å². The van der Waals surface area contributed by atoms with Crippen molar-refractivity contribution in [3.63, 3.8) is 0 Å². The molecule has 0 amide bonds. The molecule has 1 saturated carbocycles. The van der Waals surface area contributed by atoms with Crippen LogP contribution in [0.15, 0.2) is 24.3 Å². The van der Waals surface area contributed by atoms with Gasteiger partial charge in [0, 0.05) is 31.6 Å². The van der Waals surface area contributed by atoms with Gasteiger partial charge in [0.15, 0.2) is 0 Å². The molecule has 1 aliphatic carbocycles. The van der Waals surface area contributed by atoms with Crippen LogP contribution in [-0.4, -0.2) is 37.1 Å². The Morgan fingerprint density at radius 1 is 1.16 bits per heavy atom. The molecule has 2 aliphatic heterocycles. The average Bonchev–Trinajstić information content (AvgIpc) is 3.18. The fourth-order valence-electron chi connectivity index (χ4n) is 3.37. The molecule has 1 aromatic rings. The van der Waals surface area contributed by atoms with Gasteiger partial charge in [0.2, 0.25) is 10.0 Å². The average molecular weight is 278 g/mol. The van der Waals surface area contributed by atoms with Gasteiger partial charge in [-0.15, -0.1) is 0 Å². The van der Waals surface area contributed by atoms with Gasteiger partial charge < -0.3 is 5.32 Å². The number of nitrogens with one attached hydrogen (secondary N) is 1. The molecule has 2 heterocycles. The van der Waals surface area contributed by atoms with Gasteiger partial charge in [-0.05, 0) is 24.0 Å². The highest BCUT2D eigenvalue weighted by Crippen LogP contribution is 2.38. The molecule has 4 rings (SSSR count). The van der Waals surface area contributed by atoms with Gasteiger partial charge in [-0.3, -0.25) is 0 Å². The molecule has 102 valence electrons. The molecule has 1 aromatic carbocycles. The molecule has 0 unspecified atom stereocenters. The molecule has 5 heteroatoms. The summed E-state index contributed by atoms with van der Waals surface area (Å²) in [6.07, 6.45) is 1.69. The first-order valence-electron chi connectivity index (χ1n) is 6.96. The Hall–Kier alpha value is -0.910. The SMILES string of the molecule is O=S(=O)(C1CC1)N1C[C@H]2NCc3ccccc3[C@@H]2C1. The molecule has 4 nitrogen and oxygen atoms in total. The third-order valence-electron chi connectivity index (χ3n) is 4.60. The normalized spacial score (nSPS) is 30.9. The van der Waals surface area contributed by atoms with E-state index in [0.29, 0.717) is 19.0 Å². The van der Waals surface area contributed by atoms with E-state index < -0.39 is 10.0 Å². The molecule has 19 heavy (non-hydrogen) atoms. The fourth-order valence-corrected chi connectivity index (χ4v) is 5.26. The Labute approximate surface area is 113 Å². The van der Waals surface area contributed by atoms with Gasteiger partial charge in [0.1, 0.15) is 0 Å². The van der Waals surface area contributed by atoms with Crippen LogP contribution in [0.5, 0.6) is 0 Å². The van der Waals surface area contributed by atoms with E-state index in [9.17, 15) is 8.42 Å². The van der Waals surface area contributed by atoms with Crippen molar-refractivity contribution in [1.82, 2.24) is 9.62 Å². The van der Waals surface area contributed by atoms with Crippen molar-refractivity contribution in [3.05, 3.63) is 35.4 Å². The van der Waals surface area contributed by atoms with Crippen molar-refractivity contribution in [2.75, 3.05) is 13.1 Å². The number of hydrogen-bond donors (Lipinski definition) is 1. The minimum absolute atomic E-state index is 0.0945. The Kier molecular flexibility index (Phi) is 2.53. The molecule has 2 fully saturated rings. The van der Waals surface area contributed by atoms with Gasteiger partial charge >= 0.3 is 0 Å². The summed E-state index contributed by atoms with van der Waals surface area (Å²) in [4.78, 5) is 0. The molecule has 0 radical (unpaired) electrons. The summed E-state index contributed by atoms with van der Waals surface area (Å²) in [5, 5.41) is 3.40. The predicted octanol–water partition coefficient (Wildman–Crippen LogP) is 1.05. The Morgan fingerprint density at radius 3 is 2.74 bits per heavy atom. The molecule has 0 aromatic heterocycles. The van der Waals surface area contributed by atoms with E-state index in [2.05, 4.69) is 29.6 Å². The molecule has 3 aliphatic rings. The smallest absolute Gasteiger partial charge is 0.217 e. The maximum absolute atomic E-state index is 12.3. The van der Waals surface area contributed by atoms with E-state index in [1.807, 2.05) is 0 Å². The summed E-state index contributed by atoms with van der Waals surface area (Å²) < 4.78 is 26.4. The second kappa shape index (κ2) is 4.04. The number of nitrogens with zero attached hydrogens (tertiary/aromatic N) is 1. The van der Waals surface area contributed by atoms with Crippen LogP contribution in [0.2, 0.25) is 0 Å². The topological polar surface area (TPSA) is 49.4 Å². The van der Waals surface area contributed by atoms with Crippen LogP contribution < -0.4 is 5.32 Å². The van der Waals surface area contributed by atoms with E-state index in [1.165, 1.54) is 11.1 Å². The Morgan fingerprint density at radius 2 is 1.95 bits per heavy atom. The maximum atomic E-state index is 12.3. The summed E-state index contributed by atoms with van der Waals surface area (Å²) in [6, 6.07) is 8.68. The minimum Gasteiger partial charge on any atom is -0.308 e. The summed E-state index contributed by atoms with van der Waals surface area (Å²) in [5.74, 6) is 0.318. The second-order valence-electron chi connectivity index (χ2n) is 5.85. The number of fused-ring (bicyclic) bond motifs is 3. The minimum atomic E-state index is -3.03. The lowest BCUT2D eigenvalue weighted by molar-refractivity contribution is 0.449. The number of benzene rings is 1. The van der Waals surface area contributed by atoms with E-state index in [-0.39, 0.29) is 11.3 Å². The second-order valence-corrected chi connectivity index (χ2v) is 8.07. The lowest BCUT2D eigenvalue weighted by Gasteiger charge is -2.28.